The Bertz CT molecular complexity index is 493. The van der Waals surface area contributed by atoms with E-state index in [1.807, 2.05) is 0 Å². The predicted molar refractivity (Wildman–Crippen MR) is 64.6 cm³/mol. The highest BCUT2D eigenvalue weighted by Crippen LogP contribution is 2.29. The summed E-state index contributed by atoms with van der Waals surface area (Å²) in [6.45, 7) is 1.97. The molecule has 0 unspecified atom stereocenters. The number of hydrogen-bond donors (Lipinski definition) is 0. The molecule has 17 heavy (non-hydrogen) atoms. The first-order chi connectivity index (χ1) is 7.98. The molecule has 0 spiro atoms. The van der Waals surface area contributed by atoms with Gasteiger partial charge in [-0.2, -0.15) is 0 Å². The Morgan fingerprint density at radius 2 is 2.00 bits per heavy atom. The lowest BCUT2D eigenvalue weighted by atomic mass is 9.93. The fourth-order valence-electron chi connectivity index (χ4n) is 2.20. The summed E-state index contributed by atoms with van der Waals surface area (Å²) in [4.78, 5) is 10.5. The van der Waals surface area contributed by atoms with Crippen LogP contribution in [0, 0.1) is 0 Å². The van der Waals surface area contributed by atoms with Crippen molar-refractivity contribution < 1.29 is 8.42 Å². The Morgan fingerprint density at radius 3 is 2.59 bits per heavy atom. The molecule has 0 aliphatic carbocycles. The molecule has 0 N–H and O–H groups in total. The molecule has 94 valence electrons. The van der Waals surface area contributed by atoms with Crippen molar-refractivity contribution in [2.24, 2.45) is 0 Å². The van der Waals surface area contributed by atoms with Gasteiger partial charge in [0.15, 0.2) is 9.84 Å². The zero-order valence-electron chi connectivity index (χ0n) is 10.1. The van der Waals surface area contributed by atoms with Gasteiger partial charge in [-0.1, -0.05) is 0 Å². The highest BCUT2D eigenvalue weighted by atomic mass is 32.2. The second-order valence-corrected chi connectivity index (χ2v) is 6.61. The summed E-state index contributed by atoms with van der Waals surface area (Å²) in [5, 5.41) is 0. The molecule has 1 aliphatic rings. The number of aromatic nitrogens is 2. The minimum atomic E-state index is -3.23. The smallest absolute Gasteiger partial charge is 0.178 e. The van der Waals surface area contributed by atoms with Crippen LogP contribution in [-0.2, 0) is 9.84 Å². The molecule has 1 fully saturated rings. The van der Waals surface area contributed by atoms with E-state index in [0.29, 0.717) is 5.69 Å². The number of sulfone groups is 1. The van der Waals surface area contributed by atoms with Crippen LogP contribution in [0.15, 0.2) is 17.4 Å². The Hall–Kier alpha value is -1.01. The number of likely N-dealkylation sites (tertiary alicyclic amines) is 1. The van der Waals surface area contributed by atoms with E-state index in [0.717, 1.165) is 25.9 Å². The van der Waals surface area contributed by atoms with Crippen molar-refractivity contribution in [3.8, 4) is 0 Å². The first kappa shape index (κ1) is 12.4. The summed E-state index contributed by atoms with van der Waals surface area (Å²) in [5.41, 5.74) is 0.690. The van der Waals surface area contributed by atoms with Crippen LogP contribution >= 0.6 is 0 Å². The van der Waals surface area contributed by atoms with Crippen molar-refractivity contribution in [3.05, 3.63) is 18.2 Å². The fraction of sp³-hybridized carbons (Fsp3) is 0.636. The van der Waals surface area contributed by atoms with Crippen LogP contribution in [0.1, 0.15) is 24.5 Å². The first-order valence-electron chi connectivity index (χ1n) is 5.67. The van der Waals surface area contributed by atoms with E-state index in [1.165, 1.54) is 18.8 Å². The maximum atomic E-state index is 11.7. The minimum Gasteiger partial charge on any atom is -0.306 e. The Balaban J connectivity index is 2.33. The van der Waals surface area contributed by atoms with E-state index in [4.69, 9.17) is 0 Å². The van der Waals surface area contributed by atoms with E-state index in [2.05, 4.69) is 21.9 Å². The average molecular weight is 255 g/mol. The minimum absolute atomic E-state index is 0.235. The molecule has 0 bridgehead atoms. The van der Waals surface area contributed by atoms with Crippen LogP contribution in [0.5, 0.6) is 0 Å². The first-order valence-corrected chi connectivity index (χ1v) is 7.56. The third-order valence-electron chi connectivity index (χ3n) is 3.21. The molecule has 1 aromatic heterocycles. The van der Waals surface area contributed by atoms with E-state index in [-0.39, 0.29) is 10.8 Å². The largest absolute Gasteiger partial charge is 0.306 e. The third-order valence-corrected chi connectivity index (χ3v) is 4.33. The van der Waals surface area contributed by atoms with Gasteiger partial charge in [-0.15, -0.1) is 0 Å². The van der Waals surface area contributed by atoms with Gasteiger partial charge in [0.25, 0.3) is 0 Å². The summed E-state index contributed by atoms with van der Waals surface area (Å²) in [6, 6.07) is 0. The third kappa shape index (κ3) is 2.81. The summed E-state index contributed by atoms with van der Waals surface area (Å²) in [5.74, 6) is 0.235. The molecule has 1 aromatic rings. The van der Waals surface area contributed by atoms with Crippen molar-refractivity contribution >= 4 is 9.84 Å². The monoisotopic (exact) mass is 255 g/mol. The van der Waals surface area contributed by atoms with Gasteiger partial charge in [0.2, 0.25) is 0 Å². The van der Waals surface area contributed by atoms with Crippen LogP contribution < -0.4 is 0 Å². The van der Waals surface area contributed by atoms with Gasteiger partial charge in [0.05, 0.1) is 5.69 Å². The molecule has 1 saturated heterocycles. The number of rotatable bonds is 2. The molecule has 6 heteroatoms. The van der Waals surface area contributed by atoms with Gasteiger partial charge in [0.1, 0.15) is 11.2 Å². The molecule has 0 atom stereocenters. The second kappa shape index (κ2) is 4.70. The van der Waals surface area contributed by atoms with Gasteiger partial charge in [-0.25, -0.2) is 18.4 Å². The lowest BCUT2D eigenvalue weighted by Crippen LogP contribution is -2.30. The van der Waals surface area contributed by atoms with Crippen LogP contribution in [0.3, 0.4) is 0 Å². The SMILES string of the molecule is CN1CCC(c2ncncc2S(C)(=O)=O)CC1. The zero-order valence-corrected chi connectivity index (χ0v) is 10.9. The Kier molecular flexibility index (Phi) is 3.44. The normalized spacial score (nSPS) is 19.4. The fourth-order valence-corrected chi connectivity index (χ4v) is 3.05. The lowest BCUT2D eigenvalue weighted by Gasteiger charge is -2.29. The maximum absolute atomic E-state index is 11.7. The number of piperidine rings is 1. The van der Waals surface area contributed by atoms with Gasteiger partial charge < -0.3 is 4.90 Å². The van der Waals surface area contributed by atoms with Crippen LogP contribution in [-0.4, -0.2) is 49.7 Å². The van der Waals surface area contributed by atoms with E-state index in [9.17, 15) is 8.42 Å². The second-order valence-electron chi connectivity index (χ2n) is 4.62. The van der Waals surface area contributed by atoms with Gasteiger partial charge in [0, 0.05) is 18.4 Å². The van der Waals surface area contributed by atoms with Crippen LogP contribution in [0.2, 0.25) is 0 Å². The molecule has 0 amide bonds. The molecule has 2 heterocycles. The maximum Gasteiger partial charge on any atom is 0.178 e. The molecule has 2 rings (SSSR count). The average Bonchev–Trinajstić information content (AvgIpc) is 2.29. The van der Waals surface area contributed by atoms with Gasteiger partial charge in [-0.05, 0) is 33.0 Å². The zero-order chi connectivity index (χ0) is 12.5. The molecule has 0 radical (unpaired) electrons. The molecule has 0 saturated carbocycles. The summed E-state index contributed by atoms with van der Waals surface area (Å²) in [6.07, 6.45) is 5.97. The molecular weight excluding hydrogens is 238 g/mol. The summed E-state index contributed by atoms with van der Waals surface area (Å²) >= 11 is 0. The van der Waals surface area contributed by atoms with Crippen LogP contribution in [0.25, 0.3) is 0 Å². The Morgan fingerprint density at radius 1 is 1.35 bits per heavy atom. The van der Waals surface area contributed by atoms with Gasteiger partial charge in [-0.3, -0.25) is 0 Å². The number of nitrogens with zero attached hydrogens (tertiary/aromatic N) is 3. The lowest BCUT2D eigenvalue weighted by molar-refractivity contribution is 0.252. The van der Waals surface area contributed by atoms with Crippen molar-refractivity contribution in [1.29, 1.82) is 0 Å². The van der Waals surface area contributed by atoms with E-state index in [1.54, 1.807) is 0 Å². The predicted octanol–water partition coefficient (Wildman–Crippen LogP) is 0.689. The van der Waals surface area contributed by atoms with E-state index < -0.39 is 9.84 Å². The van der Waals surface area contributed by atoms with E-state index >= 15 is 0 Å². The van der Waals surface area contributed by atoms with Crippen molar-refractivity contribution in [2.45, 2.75) is 23.7 Å². The molecular formula is C11H17N3O2S. The molecule has 0 aromatic carbocycles. The quantitative estimate of drug-likeness (QED) is 0.778. The molecule has 1 aliphatic heterocycles. The molecule has 5 nitrogen and oxygen atoms in total. The topological polar surface area (TPSA) is 63.2 Å². The van der Waals surface area contributed by atoms with Crippen molar-refractivity contribution in [3.63, 3.8) is 0 Å². The standard InChI is InChI=1S/C11H17N3O2S/c1-14-5-3-9(4-6-14)11-10(17(2,15)16)7-12-8-13-11/h7-9H,3-6H2,1-2H3. The van der Waals surface area contributed by atoms with Crippen molar-refractivity contribution in [1.82, 2.24) is 14.9 Å². The number of hydrogen-bond acceptors (Lipinski definition) is 5. The summed E-state index contributed by atoms with van der Waals surface area (Å²) < 4.78 is 23.3. The highest BCUT2D eigenvalue weighted by Gasteiger charge is 2.25. The van der Waals surface area contributed by atoms with Gasteiger partial charge >= 0.3 is 0 Å². The van der Waals surface area contributed by atoms with Crippen LogP contribution in [0.4, 0.5) is 0 Å². The summed E-state index contributed by atoms with van der Waals surface area (Å²) in [7, 11) is -1.16. The Labute approximate surface area is 102 Å². The van der Waals surface area contributed by atoms with Crippen molar-refractivity contribution in [2.75, 3.05) is 26.4 Å². The highest BCUT2D eigenvalue weighted by molar-refractivity contribution is 7.90.